The molecular weight excluding hydrogens is 358 g/mol. The fourth-order valence-corrected chi connectivity index (χ4v) is 2.54. The Morgan fingerprint density at radius 3 is 2.74 bits per heavy atom. The molecule has 0 atom stereocenters. The molecule has 3 aromatic rings. The molecule has 0 radical (unpaired) electrons. The molecule has 2 aromatic heterocycles. The number of carbonyl (C=O) groups excluding carboxylic acids is 1. The minimum atomic E-state index is -0.449. The predicted molar refractivity (Wildman–Crippen MR) is 93.9 cm³/mol. The van der Waals surface area contributed by atoms with Crippen molar-refractivity contribution in [3.05, 3.63) is 68.0 Å². The third-order valence-corrected chi connectivity index (χ3v) is 4.43. The Labute approximate surface area is 140 Å². The van der Waals surface area contributed by atoms with E-state index in [0.29, 0.717) is 16.7 Å². The molecule has 0 aliphatic rings. The Morgan fingerprint density at radius 1 is 1.22 bits per heavy atom. The molecule has 0 spiro atoms. The lowest BCUT2D eigenvalue weighted by Gasteiger charge is -2.07. The van der Waals surface area contributed by atoms with Crippen LogP contribution in [0.3, 0.4) is 0 Å². The number of aryl methyl sites for hydroxylation is 2. The SMILES string of the molecule is Cc1ccc2c(=O)c(C(=O)Nc3ccc(Br)c(C)c3)c[nH]c2n1. The molecule has 5 nitrogen and oxygen atoms in total. The Hall–Kier alpha value is -2.47. The molecule has 0 fully saturated rings. The van der Waals surface area contributed by atoms with Crippen LogP contribution in [0.1, 0.15) is 21.6 Å². The third kappa shape index (κ3) is 3.03. The molecule has 2 heterocycles. The van der Waals surface area contributed by atoms with Gasteiger partial charge in [-0.3, -0.25) is 9.59 Å². The summed E-state index contributed by atoms with van der Waals surface area (Å²) in [5.74, 6) is -0.449. The molecule has 1 amide bonds. The Bertz CT molecular complexity index is 979. The summed E-state index contributed by atoms with van der Waals surface area (Å²) in [6, 6.07) is 8.88. The monoisotopic (exact) mass is 371 g/mol. The van der Waals surface area contributed by atoms with Gasteiger partial charge in [0.25, 0.3) is 5.91 Å². The lowest BCUT2D eigenvalue weighted by molar-refractivity contribution is 0.102. The highest BCUT2D eigenvalue weighted by molar-refractivity contribution is 9.10. The van der Waals surface area contributed by atoms with Gasteiger partial charge in [0, 0.05) is 22.1 Å². The molecule has 0 unspecified atom stereocenters. The van der Waals surface area contributed by atoms with Gasteiger partial charge < -0.3 is 10.3 Å². The van der Waals surface area contributed by atoms with Crippen LogP contribution in [-0.4, -0.2) is 15.9 Å². The number of anilines is 1. The van der Waals surface area contributed by atoms with Gasteiger partial charge in [-0.15, -0.1) is 0 Å². The zero-order valence-corrected chi connectivity index (χ0v) is 14.2. The highest BCUT2D eigenvalue weighted by Gasteiger charge is 2.14. The standard InChI is InChI=1S/C17H14BrN3O2/c1-9-7-11(4-6-14(9)18)21-17(23)13-8-19-16-12(15(13)22)5-3-10(2)20-16/h3-8H,1-2H3,(H,21,23)(H,19,20,22). The summed E-state index contributed by atoms with van der Waals surface area (Å²) in [5.41, 5.74) is 2.63. The van der Waals surface area contributed by atoms with E-state index in [1.54, 1.807) is 18.2 Å². The van der Waals surface area contributed by atoms with Gasteiger partial charge in [0.1, 0.15) is 11.2 Å². The van der Waals surface area contributed by atoms with E-state index in [0.717, 1.165) is 15.7 Å². The normalized spacial score (nSPS) is 10.7. The molecule has 1 aromatic carbocycles. The van der Waals surface area contributed by atoms with E-state index in [4.69, 9.17) is 0 Å². The maximum atomic E-state index is 12.5. The first-order valence-corrected chi connectivity index (χ1v) is 7.81. The summed E-state index contributed by atoms with van der Waals surface area (Å²) in [7, 11) is 0. The van der Waals surface area contributed by atoms with Gasteiger partial charge in [-0.25, -0.2) is 4.98 Å². The number of halogens is 1. The highest BCUT2D eigenvalue weighted by Crippen LogP contribution is 2.20. The molecular formula is C17H14BrN3O2. The maximum Gasteiger partial charge on any atom is 0.261 e. The minimum Gasteiger partial charge on any atom is -0.345 e. The molecule has 0 aliphatic carbocycles. The first kappa shape index (κ1) is 15.4. The number of aromatic nitrogens is 2. The van der Waals surface area contributed by atoms with Crippen molar-refractivity contribution in [3.8, 4) is 0 Å². The lowest BCUT2D eigenvalue weighted by Crippen LogP contribution is -2.22. The number of rotatable bonds is 2. The predicted octanol–water partition coefficient (Wildman–Crippen LogP) is 3.55. The average molecular weight is 372 g/mol. The molecule has 0 saturated heterocycles. The molecule has 0 saturated carbocycles. The second kappa shape index (κ2) is 5.96. The van der Waals surface area contributed by atoms with Crippen molar-refractivity contribution >= 4 is 38.6 Å². The van der Waals surface area contributed by atoms with Crippen molar-refractivity contribution in [3.63, 3.8) is 0 Å². The van der Waals surface area contributed by atoms with Crippen molar-refractivity contribution in [2.24, 2.45) is 0 Å². The summed E-state index contributed by atoms with van der Waals surface area (Å²) in [4.78, 5) is 32.0. The van der Waals surface area contributed by atoms with Gasteiger partial charge in [-0.1, -0.05) is 15.9 Å². The minimum absolute atomic E-state index is 0.0590. The van der Waals surface area contributed by atoms with Gasteiger partial charge >= 0.3 is 0 Å². The van der Waals surface area contributed by atoms with Gasteiger partial charge in [0.2, 0.25) is 5.43 Å². The number of fused-ring (bicyclic) bond motifs is 1. The van der Waals surface area contributed by atoms with Gasteiger partial charge in [-0.2, -0.15) is 0 Å². The molecule has 2 N–H and O–H groups in total. The van der Waals surface area contributed by atoms with Crippen molar-refractivity contribution in [1.82, 2.24) is 9.97 Å². The summed E-state index contributed by atoms with van der Waals surface area (Å²) in [5, 5.41) is 3.14. The Kier molecular flexibility index (Phi) is 4.00. The van der Waals surface area contributed by atoms with Gasteiger partial charge in [-0.05, 0) is 49.7 Å². The number of benzene rings is 1. The van der Waals surface area contributed by atoms with Crippen LogP contribution in [0.5, 0.6) is 0 Å². The van der Waals surface area contributed by atoms with Crippen LogP contribution in [-0.2, 0) is 0 Å². The fourth-order valence-electron chi connectivity index (χ4n) is 2.29. The van der Waals surface area contributed by atoms with Crippen molar-refractivity contribution in [1.29, 1.82) is 0 Å². The quantitative estimate of drug-likeness (QED) is 0.723. The first-order chi connectivity index (χ1) is 11.0. The van der Waals surface area contributed by atoms with Gasteiger partial charge in [0.05, 0.1) is 5.39 Å². The molecule has 23 heavy (non-hydrogen) atoms. The van der Waals surface area contributed by atoms with E-state index in [9.17, 15) is 9.59 Å². The maximum absolute atomic E-state index is 12.5. The van der Waals surface area contributed by atoms with Gasteiger partial charge in [0.15, 0.2) is 0 Å². The van der Waals surface area contributed by atoms with E-state index in [1.807, 2.05) is 26.0 Å². The summed E-state index contributed by atoms with van der Waals surface area (Å²) < 4.78 is 0.959. The van der Waals surface area contributed by atoms with Crippen LogP contribution in [0.15, 0.2) is 45.8 Å². The topological polar surface area (TPSA) is 74.8 Å². The number of hydrogen-bond donors (Lipinski definition) is 2. The second-order valence-corrected chi connectivity index (χ2v) is 6.15. The third-order valence-electron chi connectivity index (χ3n) is 3.54. The number of hydrogen-bond acceptors (Lipinski definition) is 3. The summed E-state index contributed by atoms with van der Waals surface area (Å²) >= 11 is 3.41. The zero-order valence-electron chi connectivity index (χ0n) is 12.6. The lowest BCUT2D eigenvalue weighted by atomic mass is 10.1. The van der Waals surface area contributed by atoms with E-state index in [2.05, 4.69) is 31.2 Å². The number of aromatic amines is 1. The van der Waals surface area contributed by atoms with Crippen molar-refractivity contribution < 1.29 is 4.79 Å². The Balaban J connectivity index is 1.97. The fraction of sp³-hybridized carbons (Fsp3) is 0.118. The number of H-pyrrole nitrogens is 1. The van der Waals surface area contributed by atoms with E-state index in [1.165, 1.54) is 6.20 Å². The second-order valence-electron chi connectivity index (χ2n) is 5.30. The molecule has 116 valence electrons. The molecule has 0 aliphatic heterocycles. The number of amides is 1. The number of pyridine rings is 2. The van der Waals surface area contributed by atoms with E-state index >= 15 is 0 Å². The first-order valence-electron chi connectivity index (χ1n) is 7.02. The van der Waals surface area contributed by atoms with E-state index in [-0.39, 0.29) is 11.0 Å². The number of carbonyl (C=O) groups is 1. The van der Waals surface area contributed by atoms with Crippen LogP contribution in [0.25, 0.3) is 11.0 Å². The average Bonchev–Trinajstić information content (AvgIpc) is 2.51. The molecule has 6 heteroatoms. The summed E-state index contributed by atoms with van der Waals surface area (Å²) in [6.45, 7) is 3.77. The summed E-state index contributed by atoms with van der Waals surface area (Å²) in [6.07, 6.45) is 1.40. The molecule has 3 rings (SSSR count). The van der Waals surface area contributed by atoms with Crippen LogP contribution >= 0.6 is 15.9 Å². The van der Waals surface area contributed by atoms with Crippen molar-refractivity contribution in [2.45, 2.75) is 13.8 Å². The van der Waals surface area contributed by atoms with Crippen molar-refractivity contribution in [2.75, 3.05) is 5.32 Å². The zero-order chi connectivity index (χ0) is 16.6. The smallest absolute Gasteiger partial charge is 0.261 e. The van der Waals surface area contributed by atoms with Crippen LogP contribution in [0, 0.1) is 13.8 Å². The number of nitrogens with one attached hydrogen (secondary N) is 2. The largest absolute Gasteiger partial charge is 0.345 e. The van der Waals surface area contributed by atoms with Crippen LogP contribution < -0.4 is 10.7 Å². The number of nitrogens with zero attached hydrogens (tertiary/aromatic N) is 1. The molecule has 0 bridgehead atoms. The van der Waals surface area contributed by atoms with E-state index < -0.39 is 5.91 Å². The highest BCUT2D eigenvalue weighted by atomic mass is 79.9. The van der Waals surface area contributed by atoms with Crippen LogP contribution in [0.4, 0.5) is 5.69 Å². The van der Waals surface area contributed by atoms with Crippen LogP contribution in [0.2, 0.25) is 0 Å². The Morgan fingerprint density at radius 2 is 2.00 bits per heavy atom.